The normalized spacial score (nSPS) is 17.7. The number of imidazole rings is 1. The SMILES string of the molecule is C[C@H](Cn1cnc2c(NC3CCCCC3)ncnc21)OCP(=O)(O)O. The number of anilines is 1. The Bertz CT molecular complexity index is 755. The van der Waals surface area contributed by atoms with Gasteiger partial charge in [-0.15, -0.1) is 0 Å². The van der Waals surface area contributed by atoms with Crippen molar-refractivity contribution >= 4 is 24.6 Å². The molecule has 1 fully saturated rings. The number of fused-ring (bicyclic) bond motifs is 1. The Labute approximate surface area is 146 Å². The second-order valence-corrected chi connectivity index (χ2v) is 8.13. The van der Waals surface area contributed by atoms with Crippen LogP contribution >= 0.6 is 7.60 Å². The van der Waals surface area contributed by atoms with Gasteiger partial charge in [0.25, 0.3) is 0 Å². The largest absolute Gasteiger partial charge is 0.365 e. The maximum Gasteiger partial charge on any atom is 0.350 e. The highest BCUT2D eigenvalue weighted by Crippen LogP contribution is 2.34. The topological polar surface area (TPSA) is 122 Å². The van der Waals surface area contributed by atoms with E-state index < -0.39 is 13.9 Å². The third-order valence-corrected chi connectivity index (χ3v) is 4.81. The second-order valence-electron chi connectivity index (χ2n) is 6.54. The van der Waals surface area contributed by atoms with Crippen molar-refractivity contribution < 1.29 is 19.1 Å². The molecule has 1 aliphatic rings. The summed E-state index contributed by atoms with van der Waals surface area (Å²) >= 11 is 0. The molecule has 25 heavy (non-hydrogen) atoms. The Morgan fingerprint density at radius 1 is 1.32 bits per heavy atom. The predicted molar refractivity (Wildman–Crippen MR) is 93.3 cm³/mol. The molecule has 2 aromatic heterocycles. The van der Waals surface area contributed by atoms with Crippen LogP contribution in [-0.2, 0) is 15.8 Å². The molecule has 0 saturated heterocycles. The molecule has 0 spiro atoms. The van der Waals surface area contributed by atoms with Crippen molar-refractivity contribution in [3.05, 3.63) is 12.7 Å². The highest BCUT2D eigenvalue weighted by atomic mass is 31.2. The molecular formula is C15H24N5O4P. The molecule has 10 heteroatoms. The smallest absolute Gasteiger partial charge is 0.350 e. The standard InChI is InChI=1S/C15H24N5O4P/c1-11(24-10-25(21,22)23)7-20-9-18-13-14(16-8-17-15(13)20)19-12-5-3-2-4-6-12/h8-9,11-12H,2-7,10H2,1H3,(H,16,17,19)(H2,21,22,23)/t11-/m1/s1. The van der Waals surface area contributed by atoms with Crippen LogP contribution in [0.4, 0.5) is 5.82 Å². The van der Waals surface area contributed by atoms with Gasteiger partial charge in [0.05, 0.1) is 19.0 Å². The van der Waals surface area contributed by atoms with Crippen LogP contribution in [0.2, 0.25) is 0 Å². The van der Waals surface area contributed by atoms with Gasteiger partial charge in [-0.25, -0.2) is 15.0 Å². The van der Waals surface area contributed by atoms with Crippen LogP contribution in [0.25, 0.3) is 11.2 Å². The Morgan fingerprint density at radius 2 is 2.08 bits per heavy atom. The first-order chi connectivity index (χ1) is 11.9. The summed E-state index contributed by atoms with van der Waals surface area (Å²) < 4.78 is 17.9. The van der Waals surface area contributed by atoms with Crippen molar-refractivity contribution in [3.8, 4) is 0 Å². The Kier molecular flexibility index (Phi) is 5.68. The fraction of sp³-hybridized carbons (Fsp3) is 0.667. The van der Waals surface area contributed by atoms with Gasteiger partial charge >= 0.3 is 7.60 Å². The van der Waals surface area contributed by atoms with E-state index in [1.165, 1.54) is 25.6 Å². The van der Waals surface area contributed by atoms with E-state index in [2.05, 4.69) is 20.3 Å². The Balaban J connectivity index is 1.70. The first-order valence-corrected chi connectivity index (χ1v) is 10.3. The third-order valence-electron chi connectivity index (χ3n) is 4.33. The monoisotopic (exact) mass is 369 g/mol. The number of rotatable bonds is 7. The summed E-state index contributed by atoms with van der Waals surface area (Å²) in [6.45, 7) is 2.15. The van der Waals surface area contributed by atoms with Gasteiger partial charge in [0.2, 0.25) is 0 Å². The van der Waals surface area contributed by atoms with Gasteiger partial charge in [-0.3, -0.25) is 4.57 Å². The molecule has 2 aromatic rings. The molecule has 3 N–H and O–H groups in total. The summed E-state index contributed by atoms with van der Waals surface area (Å²) in [5.41, 5.74) is 1.38. The molecule has 138 valence electrons. The number of hydrogen-bond donors (Lipinski definition) is 3. The number of hydrogen-bond acceptors (Lipinski definition) is 6. The van der Waals surface area contributed by atoms with Crippen molar-refractivity contribution in [2.75, 3.05) is 11.7 Å². The fourth-order valence-electron chi connectivity index (χ4n) is 3.11. The van der Waals surface area contributed by atoms with E-state index in [1.807, 2.05) is 4.57 Å². The summed E-state index contributed by atoms with van der Waals surface area (Å²) in [5.74, 6) is 0.736. The predicted octanol–water partition coefficient (Wildman–Crippen LogP) is 2.11. The third kappa shape index (κ3) is 4.98. The zero-order chi connectivity index (χ0) is 17.9. The number of ether oxygens (including phenoxy) is 1. The summed E-state index contributed by atoms with van der Waals surface area (Å²) in [6.07, 6.45) is 8.22. The van der Waals surface area contributed by atoms with Crippen LogP contribution in [0, 0.1) is 0 Å². The van der Waals surface area contributed by atoms with Crippen LogP contribution < -0.4 is 5.32 Å². The van der Waals surface area contributed by atoms with Gasteiger partial charge in [-0.2, -0.15) is 0 Å². The fourth-order valence-corrected chi connectivity index (χ4v) is 3.56. The highest BCUT2D eigenvalue weighted by molar-refractivity contribution is 7.51. The van der Waals surface area contributed by atoms with Crippen LogP contribution in [0.3, 0.4) is 0 Å². The van der Waals surface area contributed by atoms with Gasteiger partial charge in [0.15, 0.2) is 11.5 Å². The molecular weight excluding hydrogens is 345 g/mol. The van der Waals surface area contributed by atoms with Crippen molar-refractivity contribution in [3.63, 3.8) is 0 Å². The molecule has 0 amide bonds. The second kappa shape index (κ2) is 7.78. The van der Waals surface area contributed by atoms with Gasteiger partial charge in [-0.05, 0) is 19.8 Å². The number of nitrogens with one attached hydrogen (secondary N) is 1. The van der Waals surface area contributed by atoms with E-state index in [0.29, 0.717) is 23.8 Å². The van der Waals surface area contributed by atoms with Crippen LogP contribution in [0.5, 0.6) is 0 Å². The Hall–Kier alpha value is -1.54. The van der Waals surface area contributed by atoms with E-state index in [-0.39, 0.29) is 6.10 Å². The maximum atomic E-state index is 10.9. The maximum absolute atomic E-state index is 10.9. The van der Waals surface area contributed by atoms with Crippen molar-refractivity contribution in [2.24, 2.45) is 0 Å². The Morgan fingerprint density at radius 3 is 2.80 bits per heavy atom. The molecule has 0 radical (unpaired) electrons. The zero-order valence-electron chi connectivity index (χ0n) is 14.2. The van der Waals surface area contributed by atoms with Gasteiger partial charge in [-0.1, -0.05) is 19.3 Å². The summed E-state index contributed by atoms with van der Waals surface area (Å²) in [5, 5.41) is 3.47. The quantitative estimate of drug-likeness (QED) is 0.634. The molecule has 9 nitrogen and oxygen atoms in total. The van der Waals surface area contributed by atoms with Crippen molar-refractivity contribution in [1.29, 1.82) is 0 Å². The molecule has 0 aromatic carbocycles. The molecule has 0 aliphatic heterocycles. The minimum atomic E-state index is -4.17. The van der Waals surface area contributed by atoms with E-state index in [9.17, 15) is 4.57 Å². The first kappa shape index (κ1) is 18.3. The van der Waals surface area contributed by atoms with E-state index in [1.54, 1.807) is 13.3 Å². The van der Waals surface area contributed by atoms with Crippen molar-refractivity contribution in [2.45, 2.75) is 57.7 Å². The van der Waals surface area contributed by atoms with Crippen LogP contribution in [0.1, 0.15) is 39.0 Å². The lowest BCUT2D eigenvalue weighted by molar-refractivity contribution is 0.0764. The molecule has 3 rings (SSSR count). The van der Waals surface area contributed by atoms with Crippen LogP contribution in [-0.4, -0.2) is 47.8 Å². The molecule has 2 heterocycles. The van der Waals surface area contributed by atoms with Gasteiger partial charge in [0, 0.05) is 6.04 Å². The summed E-state index contributed by atoms with van der Waals surface area (Å²) in [4.78, 5) is 30.8. The van der Waals surface area contributed by atoms with Crippen molar-refractivity contribution in [1.82, 2.24) is 19.5 Å². The highest BCUT2D eigenvalue weighted by Gasteiger charge is 2.19. The molecule has 1 saturated carbocycles. The molecule has 0 unspecified atom stereocenters. The number of aromatic nitrogens is 4. The van der Waals surface area contributed by atoms with E-state index >= 15 is 0 Å². The minimum Gasteiger partial charge on any atom is -0.365 e. The lowest BCUT2D eigenvalue weighted by atomic mass is 9.95. The molecule has 1 atom stereocenters. The van der Waals surface area contributed by atoms with Gasteiger partial charge in [0.1, 0.15) is 18.2 Å². The average molecular weight is 369 g/mol. The first-order valence-electron chi connectivity index (χ1n) is 8.51. The lowest BCUT2D eigenvalue weighted by Crippen LogP contribution is -2.23. The average Bonchev–Trinajstić information content (AvgIpc) is 2.97. The molecule has 1 aliphatic carbocycles. The summed E-state index contributed by atoms with van der Waals surface area (Å²) in [7, 11) is -4.17. The molecule has 0 bridgehead atoms. The van der Waals surface area contributed by atoms with Gasteiger partial charge < -0.3 is 24.4 Å². The van der Waals surface area contributed by atoms with E-state index in [0.717, 1.165) is 18.7 Å². The zero-order valence-corrected chi connectivity index (χ0v) is 15.1. The summed E-state index contributed by atoms with van der Waals surface area (Å²) in [6, 6.07) is 0.419. The minimum absolute atomic E-state index is 0.380. The lowest BCUT2D eigenvalue weighted by Gasteiger charge is -2.23. The van der Waals surface area contributed by atoms with E-state index in [4.69, 9.17) is 14.5 Å². The van der Waals surface area contributed by atoms with Crippen LogP contribution in [0.15, 0.2) is 12.7 Å². The number of nitrogens with zero attached hydrogens (tertiary/aromatic N) is 4.